The minimum atomic E-state index is 0.189. The lowest BCUT2D eigenvalue weighted by Gasteiger charge is -2.39. The van der Waals surface area contributed by atoms with Crippen molar-refractivity contribution in [2.45, 2.75) is 24.9 Å². The highest BCUT2D eigenvalue weighted by molar-refractivity contribution is 5.54. The summed E-state index contributed by atoms with van der Waals surface area (Å²) >= 11 is 0. The van der Waals surface area contributed by atoms with E-state index in [9.17, 15) is 5.11 Å². The fourth-order valence-corrected chi connectivity index (χ4v) is 3.11. The van der Waals surface area contributed by atoms with Crippen molar-refractivity contribution in [3.8, 4) is 0 Å². The van der Waals surface area contributed by atoms with Gasteiger partial charge in [0.25, 0.3) is 0 Å². The summed E-state index contributed by atoms with van der Waals surface area (Å²) in [6.45, 7) is 1.10. The summed E-state index contributed by atoms with van der Waals surface area (Å²) in [5, 5.41) is 9.66. The second-order valence-electron chi connectivity index (χ2n) is 5.84. The van der Waals surface area contributed by atoms with Crippen molar-refractivity contribution in [3.05, 3.63) is 43.0 Å². The second kappa shape index (κ2) is 5.77. The van der Waals surface area contributed by atoms with Crippen molar-refractivity contribution < 1.29 is 9.67 Å². The average Bonchev–Trinajstić information content (AvgIpc) is 2.94. The number of imidazole rings is 1. The van der Waals surface area contributed by atoms with Gasteiger partial charge in [-0.25, -0.2) is 9.13 Å². The third-order valence-corrected chi connectivity index (χ3v) is 4.33. The number of nitrogens with zero attached hydrogens (tertiary/aromatic N) is 3. The molecular weight excluding hydrogens is 264 g/mol. The number of hydrogen-bond donors (Lipinski definition) is 2. The molecule has 5 nitrogen and oxygen atoms in total. The first-order chi connectivity index (χ1) is 10.2. The number of anilines is 2. The molecule has 2 heterocycles. The molecule has 2 aromatic rings. The topological polar surface area (TPSA) is 58.3 Å². The number of piperidine rings is 1. The Labute approximate surface area is 125 Å². The van der Waals surface area contributed by atoms with E-state index in [2.05, 4.69) is 32.8 Å². The Morgan fingerprint density at radius 3 is 2.67 bits per heavy atom. The van der Waals surface area contributed by atoms with Crippen LogP contribution in [0.3, 0.4) is 0 Å². The van der Waals surface area contributed by atoms with Crippen LogP contribution in [0.4, 0.5) is 11.4 Å². The lowest BCUT2D eigenvalue weighted by atomic mass is 9.97. The van der Waals surface area contributed by atoms with Crippen molar-refractivity contribution in [1.82, 2.24) is 4.57 Å². The van der Waals surface area contributed by atoms with Gasteiger partial charge in [-0.15, -0.1) is 0 Å². The predicted octanol–water partition coefficient (Wildman–Crippen LogP) is 1.10. The van der Waals surface area contributed by atoms with Crippen LogP contribution in [0.1, 0.15) is 18.9 Å². The number of hydrogen-bond acceptors (Lipinski definition) is 3. The number of nitrogens with two attached hydrogens (primary N) is 1. The van der Waals surface area contributed by atoms with Crippen LogP contribution in [0.2, 0.25) is 0 Å². The summed E-state index contributed by atoms with van der Waals surface area (Å²) in [6.07, 6.45) is 8.38. The summed E-state index contributed by atoms with van der Waals surface area (Å²) in [5.74, 6) is 0. The molecule has 3 N–H and O–H groups in total. The summed E-state index contributed by atoms with van der Waals surface area (Å²) < 4.78 is 4.32. The van der Waals surface area contributed by atoms with Crippen LogP contribution in [0, 0.1) is 0 Å². The van der Waals surface area contributed by atoms with Crippen LogP contribution in [-0.2, 0) is 7.05 Å². The third kappa shape index (κ3) is 2.88. The molecule has 0 amide bonds. The molecule has 0 radical (unpaired) electrons. The van der Waals surface area contributed by atoms with Gasteiger partial charge in [0.05, 0.1) is 26.2 Å². The van der Waals surface area contributed by atoms with Crippen LogP contribution in [-0.4, -0.2) is 28.9 Å². The van der Waals surface area contributed by atoms with Crippen LogP contribution < -0.4 is 15.2 Å². The largest absolute Gasteiger partial charge is 0.399 e. The van der Waals surface area contributed by atoms with Crippen LogP contribution >= 0.6 is 0 Å². The molecule has 5 heteroatoms. The molecule has 2 atom stereocenters. The van der Waals surface area contributed by atoms with Gasteiger partial charge in [0, 0.05) is 11.4 Å². The standard InChI is InChI=1S/C16H23N4O/c1-18-8-9-19(12-18)15-6-7-16(11-21)20(10-15)14-4-2-13(17)3-5-14/h2-5,8-9,12,15-16,21H,6-7,10-11,17H2,1H3/q+1. The molecule has 112 valence electrons. The summed E-state index contributed by atoms with van der Waals surface area (Å²) in [6, 6.07) is 8.54. The van der Waals surface area contributed by atoms with Crippen molar-refractivity contribution in [1.29, 1.82) is 0 Å². The fraction of sp³-hybridized carbons (Fsp3) is 0.438. The zero-order valence-electron chi connectivity index (χ0n) is 12.4. The zero-order valence-corrected chi connectivity index (χ0v) is 12.4. The molecule has 0 aliphatic carbocycles. The van der Waals surface area contributed by atoms with Gasteiger partial charge in [-0.1, -0.05) is 0 Å². The first kappa shape index (κ1) is 13.9. The third-order valence-electron chi connectivity index (χ3n) is 4.33. The molecule has 21 heavy (non-hydrogen) atoms. The van der Waals surface area contributed by atoms with Crippen molar-refractivity contribution in [2.75, 3.05) is 23.8 Å². The van der Waals surface area contributed by atoms with Gasteiger partial charge in [-0.05, 0) is 37.1 Å². The molecule has 2 unspecified atom stereocenters. The van der Waals surface area contributed by atoms with Crippen LogP contribution in [0.25, 0.3) is 0 Å². The van der Waals surface area contributed by atoms with E-state index in [4.69, 9.17) is 5.73 Å². The number of aliphatic hydroxyl groups excluding tert-OH is 1. The van der Waals surface area contributed by atoms with E-state index in [1.165, 1.54) is 0 Å². The van der Waals surface area contributed by atoms with Gasteiger partial charge in [0.1, 0.15) is 18.4 Å². The van der Waals surface area contributed by atoms with Gasteiger partial charge in [-0.2, -0.15) is 0 Å². The number of aliphatic hydroxyl groups is 1. The molecule has 1 aromatic heterocycles. The summed E-state index contributed by atoms with van der Waals surface area (Å²) in [7, 11) is 2.04. The maximum atomic E-state index is 9.66. The molecule has 0 bridgehead atoms. The number of rotatable bonds is 3. The van der Waals surface area contributed by atoms with Gasteiger partial charge in [0.2, 0.25) is 6.33 Å². The molecule has 1 saturated heterocycles. The molecule has 1 aliphatic rings. The lowest BCUT2D eigenvalue weighted by Crippen LogP contribution is -2.46. The van der Waals surface area contributed by atoms with E-state index in [-0.39, 0.29) is 12.6 Å². The monoisotopic (exact) mass is 287 g/mol. The molecule has 3 rings (SSSR count). The van der Waals surface area contributed by atoms with E-state index in [1.54, 1.807) is 0 Å². The first-order valence-corrected chi connectivity index (χ1v) is 7.43. The molecule has 1 aliphatic heterocycles. The maximum Gasteiger partial charge on any atom is 0.243 e. The Balaban J connectivity index is 1.83. The number of aryl methyl sites for hydroxylation is 1. The lowest BCUT2D eigenvalue weighted by molar-refractivity contribution is -0.671. The highest BCUT2D eigenvalue weighted by Crippen LogP contribution is 2.30. The molecule has 1 aromatic carbocycles. The molecule has 0 saturated carbocycles. The highest BCUT2D eigenvalue weighted by Gasteiger charge is 2.31. The van der Waals surface area contributed by atoms with Gasteiger partial charge >= 0.3 is 0 Å². The van der Waals surface area contributed by atoms with Crippen molar-refractivity contribution in [3.63, 3.8) is 0 Å². The number of nitrogen functional groups attached to an aromatic ring is 1. The smallest absolute Gasteiger partial charge is 0.243 e. The molecular formula is C16H23N4O+. The Kier molecular flexibility index (Phi) is 3.84. The van der Waals surface area contributed by atoms with E-state index >= 15 is 0 Å². The summed E-state index contributed by atoms with van der Waals surface area (Å²) in [5.41, 5.74) is 7.67. The minimum absolute atomic E-state index is 0.189. The Morgan fingerprint density at radius 2 is 2.05 bits per heavy atom. The Bertz CT molecular complexity index is 593. The van der Waals surface area contributed by atoms with Crippen LogP contribution in [0.15, 0.2) is 43.0 Å². The molecule has 1 fully saturated rings. The predicted molar refractivity (Wildman–Crippen MR) is 83.0 cm³/mol. The normalized spacial score (nSPS) is 22.5. The van der Waals surface area contributed by atoms with Crippen LogP contribution in [0.5, 0.6) is 0 Å². The van der Waals surface area contributed by atoms with Gasteiger partial charge < -0.3 is 15.7 Å². The Hall–Kier alpha value is -2.01. The van der Waals surface area contributed by atoms with E-state index in [0.29, 0.717) is 6.04 Å². The highest BCUT2D eigenvalue weighted by atomic mass is 16.3. The zero-order chi connectivity index (χ0) is 14.8. The Morgan fingerprint density at radius 1 is 1.29 bits per heavy atom. The maximum absolute atomic E-state index is 9.66. The number of aromatic nitrogens is 2. The molecule has 0 spiro atoms. The van der Waals surface area contributed by atoms with Gasteiger partial charge in [0.15, 0.2) is 0 Å². The van der Waals surface area contributed by atoms with E-state index in [1.807, 2.05) is 31.3 Å². The first-order valence-electron chi connectivity index (χ1n) is 7.43. The minimum Gasteiger partial charge on any atom is -0.399 e. The summed E-state index contributed by atoms with van der Waals surface area (Å²) in [4.78, 5) is 2.30. The quantitative estimate of drug-likeness (QED) is 0.656. The SMILES string of the molecule is C[n+]1ccn(C2CCC(CO)N(c3ccc(N)cc3)C2)c1. The number of benzene rings is 1. The van der Waals surface area contributed by atoms with Crippen molar-refractivity contribution >= 4 is 11.4 Å². The second-order valence-corrected chi connectivity index (χ2v) is 5.84. The fourth-order valence-electron chi connectivity index (χ4n) is 3.11. The van der Waals surface area contributed by atoms with Crippen molar-refractivity contribution in [2.24, 2.45) is 7.05 Å². The average molecular weight is 287 g/mol. The van der Waals surface area contributed by atoms with E-state index in [0.717, 1.165) is 30.8 Å². The van der Waals surface area contributed by atoms with E-state index < -0.39 is 0 Å². The van der Waals surface area contributed by atoms with Gasteiger partial charge in [-0.3, -0.25) is 0 Å².